The second-order valence-corrected chi connectivity index (χ2v) is 9.87. The Balaban J connectivity index is 1.42. The molecule has 0 saturated carbocycles. The normalized spacial score (nSPS) is 20.6. The van der Waals surface area contributed by atoms with Gasteiger partial charge in [0.25, 0.3) is 0 Å². The van der Waals surface area contributed by atoms with Crippen molar-refractivity contribution in [2.24, 2.45) is 10.7 Å². The summed E-state index contributed by atoms with van der Waals surface area (Å²) in [6.07, 6.45) is 8.71. The number of aromatic nitrogens is 1. The van der Waals surface area contributed by atoms with E-state index >= 15 is 0 Å². The third-order valence-corrected chi connectivity index (χ3v) is 7.38. The third-order valence-electron chi connectivity index (χ3n) is 6.97. The molecule has 6 nitrogen and oxygen atoms in total. The Hall–Kier alpha value is -2.96. The summed E-state index contributed by atoms with van der Waals surface area (Å²) in [5.41, 5.74) is 10.4. The number of para-hydroxylation sites is 1. The number of nitrogens with zero attached hydrogens (tertiary/aromatic N) is 3. The van der Waals surface area contributed by atoms with Crippen LogP contribution in [0.2, 0.25) is 5.02 Å². The van der Waals surface area contributed by atoms with E-state index < -0.39 is 5.66 Å². The number of rotatable bonds is 5. The van der Waals surface area contributed by atoms with Gasteiger partial charge in [0.05, 0.1) is 0 Å². The zero-order valence-corrected chi connectivity index (χ0v) is 20.7. The van der Waals surface area contributed by atoms with E-state index in [0.717, 1.165) is 49.0 Å². The van der Waals surface area contributed by atoms with Crippen LogP contribution in [0.5, 0.6) is 0 Å². The maximum Gasteiger partial charge on any atom is 0.201 e. The van der Waals surface area contributed by atoms with Gasteiger partial charge in [0.2, 0.25) is 5.96 Å². The number of guanidine groups is 1. The number of benzene rings is 2. The molecule has 0 amide bonds. The van der Waals surface area contributed by atoms with Crippen molar-refractivity contribution in [1.29, 1.82) is 0 Å². The highest BCUT2D eigenvalue weighted by Gasteiger charge is 2.33. The molecule has 3 heterocycles. The van der Waals surface area contributed by atoms with Gasteiger partial charge in [0.15, 0.2) is 5.66 Å². The van der Waals surface area contributed by atoms with Gasteiger partial charge < -0.3 is 20.1 Å². The van der Waals surface area contributed by atoms with Gasteiger partial charge in [-0.3, -0.25) is 5.73 Å². The number of halogens is 1. The number of hydrogen-bond acceptors (Lipinski definition) is 5. The monoisotopic (exact) mass is 476 g/mol. The van der Waals surface area contributed by atoms with Crippen molar-refractivity contribution in [3.8, 4) is 0 Å². The van der Waals surface area contributed by atoms with E-state index in [-0.39, 0.29) is 0 Å². The molecule has 0 radical (unpaired) electrons. The predicted molar refractivity (Wildman–Crippen MR) is 141 cm³/mol. The molecule has 1 saturated heterocycles. The third kappa shape index (κ3) is 4.52. The maximum absolute atomic E-state index is 6.97. The molecule has 4 N–H and O–H groups in total. The van der Waals surface area contributed by atoms with Crippen LogP contribution in [0.4, 0.5) is 0 Å². The lowest BCUT2D eigenvalue weighted by molar-refractivity contribution is 0.265. The molecule has 178 valence electrons. The van der Waals surface area contributed by atoms with Crippen LogP contribution in [0.15, 0.2) is 65.6 Å². The van der Waals surface area contributed by atoms with Crippen molar-refractivity contribution in [1.82, 2.24) is 20.1 Å². The predicted octanol–water partition coefficient (Wildman–Crippen LogP) is 4.70. The van der Waals surface area contributed by atoms with Crippen LogP contribution in [-0.2, 0) is 12.1 Å². The molecule has 0 bridgehead atoms. The quantitative estimate of drug-likeness (QED) is 0.499. The standard InChI is InChI=1S/C27H33ClN6/c1-19-10-11-21(16-23(19)28)27(29)17-25(34-13-6-3-7-14-34)31-26(32-27)33(2)15-12-20-18-30-24-9-5-4-8-22(20)24/h4-5,8-11,16-18,30H,3,6-7,12-15,29H2,1-2H3,(H,31,32). The maximum atomic E-state index is 6.97. The number of fused-ring (bicyclic) bond motifs is 1. The molecule has 34 heavy (non-hydrogen) atoms. The second-order valence-electron chi connectivity index (χ2n) is 9.46. The van der Waals surface area contributed by atoms with Crippen molar-refractivity contribution in [3.05, 3.63) is 82.3 Å². The molecule has 2 aromatic carbocycles. The Morgan fingerprint density at radius 3 is 2.74 bits per heavy atom. The number of piperidine rings is 1. The first kappa shape index (κ1) is 22.8. The van der Waals surface area contributed by atoms with Gasteiger partial charge in [0, 0.05) is 54.9 Å². The number of likely N-dealkylation sites (N-methyl/N-ethyl adjacent to an activating group) is 1. The summed E-state index contributed by atoms with van der Waals surface area (Å²) < 4.78 is 0. The number of likely N-dealkylation sites (tertiary alicyclic amines) is 1. The van der Waals surface area contributed by atoms with E-state index in [1.807, 2.05) is 25.1 Å². The topological polar surface area (TPSA) is 72.7 Å². The van der Waals surface area contributed by atoms with Crippen LogP contribution in [0.25, 0.3) is 10.9 Å². The number of hydrogen-bond donors (Lipinski definition) is 3. The number of aryl methyl sites for hydroxylation is 1. The van der Waals surface area contributed by atoms with Crippen LogP contribution in [0.1, 0.15) is 36.0 Å². The molecule has 1 fully saturated rings. The summed E-state index contributed by atoms with van der Waals surface area (Å²) in [4.78, 5) is 12.9. The van der Waals surface area contributed by atoms with Gasteiger partial charge in [-0.05, 0) is 61.4 Å². The largest absolute Gasteiger partial charge is 0.361 e. The Bertz CT molecular complexity index is 1240. The molecule has 0 spiro atoms. The molecule has 1 unspecified atom stereocenters. The van der Waals surface area contributed by atoms with Crippen molar-refractivity contribution in [2.75, 3.05) is 26.7 Å². The lowest BCUT2D eigenvalue weighted by atomic mass is 9.97. The molecule has 1 atom stereocenters. The van der Waals surface area contributed by atoms with Crippen molar-refractivity contribution < 1.29 is 0 Å². The summed E-state index contributed by atoms with van der Waals surface area (Å²) in [6.45, 7) is 4.86. The first-order chi connectivity index (χ1) is 16.4. The number of nitrogens with two attached hydrogens (primary N) is 1. The van der Waals surface area contributed by atoms with E-state index in [0.29, 0.717) is 5.02 Å². The van der Waals surface area contributed by atoms with Crippen LogP contribution in [0, 0.1) is 6.92 Å². The average molecular weight is 477 g/mol. The smallest absolute Gasteiger partial charge is 0.201 e. The summed E-state index contributed by atoms with van der Waals surface area (Å²) in [6, 6.07) is 14.4. The van der Waals surface area contributed by atoms with E-state index in [2.05, 4.69) is 63.7 Å². The van der Waals surface area contributed by atoms with Crippen LogP contribution >= 0.6 is 11.6 Å². The van der Waals surface area contributed by atoms with Crippen LogP contribution < -0.4 is 11.1 Å². The zero-order valence-electron chi connectivity index (χ0n) is 19.9. The number of nitrogens with one attached hydrogen (secondary N) is 2. The SMILES string of the molecule is Cc1ccc(C2(N)C=C(N3CCCCC3)NC(N(C)CCc3c[nH]c4ccccc34)=N2)cc1Cl. The van der Waals surface area contributed by atoms with Gasteiger partial charge in [-0.25, -0.2) is 4.99 Å². The summed E-state index contributed by atoms with van der Waals surface area (Å²) in [7, 11) is 2.07. The minimum Gasteiger partial charge on any atom is -0.361 e. The average Bonchev–Trinajstić information content (AvgIpc) is 3.27. The minimum atomic E-state index is -0.986. The van der Waals surface area contributed by atoms with Crippen LogP contribution in [-0.4, -0.2) is 47.4 Å². The Morgan fingerprint density at radius 1 is 1.15 bits per heavy atom. The molecule has 0 aliphatic carbocycles. The molecule has 3 aromatic rings. The van der Waals surface area contributed by atoms with Gasteiger partial charge in [0.1, 0.15) is 5.82 Å². The Kier molecular flexibility index (Phi) is 6.28. The molecule has 2 aliphatic heterocycles. The summed E-state index contributed by atoms with van der Waals surface area (Å²) in [5.74, 6) is 1.81. The van der Waals surface area contributed by atoms with Gasteiger partial charge in [-0.15, -0.1) is 0 Å². The van der Waals surface area contributed by atoms with Crippen molar-refractivity contribution in [3.63, 3.8) is 0 Å². The van der Waals surface area contributed by atoms with Crippen LogP contribution in [0.3, 0.4) is 0 Å². The fourth-order valence-corrected chi connectivity index (χ4v) is 4.98. The highest BCUT2D eigenvalue weighted by atomic mass is 35.5. The Morgan fingerprint density at radius 2 is 1.94 bits per heavy atom. The number of aliphatic imine (C=N–C) groups is 1. The second kappa shape index (κ2) is 9.35. The zero-order chi connectivity index (χ0) is 23.7. The molecular formula is C27H33ClN6. The van der Waals surface area contributed by atoms with E-state index in [9.17, 15) is 0 Å². The lowest BCUT2D eigenvalue weighted by Gasteiger charge is -2.39. The molecule has 5 rings (SSSR count). The lowest BCUT2D eigenvalue weighted by Crippen LogP contribution is -2.51. The van der Waals surface area contributed by atoms with E-state index in [1.54, 1.807) is 0 Å². The van der Waals surface area contributed by atoms with Gasteiger partial charge in [-0.2, -0.15) is 0 Å². The van der Waals surface area contributed by atoms with Crippen molar-refractivity contribution >= 4 is 28.5 Å². The first-order valence-corrected chi connectivity index (χ1v) is 12.5. The summed E-state index contributed by atoms with van der Waals surface area (Å²) in [5, 5.41) is 5.56. The molecule has 7 heteroatoms. The molecular weight excluding hydrogens is 444 g/mol. The van der Waals surface area contributed by atoms with Crippen molar-refractivity contribution in [2.45, 2.75) is 38.3 Å². The highest BCUT2D eigenvalue weighted by molar-refractivity contribution is 6.31. The fraction of sp³-hybridized carbons (Fsp3) is 0.370. The van der Waals surface area contributed by atoms with Gasteiger partial charge >= 0.3 is 0 Å². The molecule has 1 aromatic heterocycles. The summed E-state index contributed by atoms with van der Waals surface area (Å²) >= 11 is 6.47. The number of aromatic amines is 1. The first-order valence-electron chi connectivity index (χ1n) is 12.1. The highest BCUT2D eigenvalue weighted by Crippen LogP contribution is 2.31. The van der Waals surface area contributed by atoms with E-state index in [1.165, 1.54) is 35.7 Å². The van der Waals surface area contributed by atoms with Gasteiger partial charge in [-0.1, -0.05) is 41.9 Å². The Labute approximate surface area is 206 Å². The molecule has 2 aliphatic rings. The minimum absolute atomic E-state index is 0.707. The fourth-order valence-electron chi connectivity index (χ4n) is 4.80. The number of H-pyrrole nitrogens is 1. The van der Waals surface area contributed by atoms with E-state index in [4.69, 9.17) is 22.3 Å².